The van der Waals surface area contributed by atoms with Crippen molar-refractivity contribution >= 4 is 11.1 Å². The summed E-state index contributed by atoms with van der Waals surface area (Å²) in [5, 5.41) is 0. The molecule has 0 N–H and O–H groups in total. The van der Waals surface area contributed by atoms with Crippen molar-refractivity contribution in [2.75, 3.05) is 0 Å². The van der Waals surface area contributed by atoms with E-state index in [9.17, 15) is 0 Å². The molecule has 31 heavy (non-hydrogen) atoms. The molecular formula is C31H30. The Kier molecular flexibility index (Phi) is 6.79. The highest BCUT2D eigenvalue weighted by Gasteiger charge is 2.16. The van der Waals surface area contributed by atoms with Crippen molar-refractivity contribution in [2.45, 2.75) is 32.6 Å². The Hall–Kier alpha value is -3.38. The van der Waals surface area contributed by atoms with Crippen LogP contribution < -0.4 is 0 Å². The van der Waals surface area contributed by atoms with Gasteiger partial charge in [-0.05, 0) is 77.1 Å². The van der Waals surface area contributed by atoms with Crippen LogP contribution in [0.2, 0.25) is 0 Å². The van der Waals surface area contributed by atoms with Gasteiger partial charge in [0.2, 0.25) is 0 Å². The highest BCUT2D eigenvalue weighted by Crippen LogP contribution is 2.37. The molecule has 0 nitrogen and oxygen atoms in total. The number of hydrogen-bond acceptors (Lipinski definition) is 0. The van der Waals surface area contributed by atoms with Crippen molar-refractivity contribution in [1.29, 1.82) is 0 Å². The van der Waals surface area contributed by atoms with Gasteiger partial charge in [0, 0.05) is 0 Å². The van der Waals surface area contributed by atoms with Crippen LogP contribution in [0.1, 0.15) is 42.9 Å². The molecule has 0 amide bonds. The van der Waals surface area contributed by atoms with E-state index in [0.29, 0.717) is 0 Å². The lowest BCUT2D eigenvalue weighted by Gasteiger charge is -2.20. The lowest BCUT2D eigenvalue weighted by atomic mass is 9.84. The zero-order chi connectivity index (χ0) is 21.5. The topological polar surface area (TPSA) is 0 Å². The molecule has 2 aliphatic carbocycles. The molecule has 0 heterocycles. The maximum absolute atomic E-state index is 3.91. The first kappa shape index (κ1) is 20.9. The molecule has 0 heteroatoms. The van der Waals surface area contributed by atoms with Crippen molar-refractivity contribution in [3.8, 4) is 11.1 Å². The van der Waals surface area contributed by atoms with E-state index in [1.54, 1.807) is 0 Å². The molecule has 2 aromatic carbocycles. The smallest absolute Gasteiger partial charge is 0.00881 e. The molecule has 0 unspecified atom stereocenters. The van der Waals surface area contributed by atoms with Crippen LogP contribution in [0, 0.1) is 0 Å². The van der Waals surface area contributed by atoms with Crippen LogP contribution >= 0.6 is 0 Å². The fourth-order valence-electron chi connectivity index (χ4n) is 4.51. The van der Waals surface area contributed by atoms with E-state index < -0.39 is 0 Å². The molecule has 0 atom stereocenters. The van der Waals surface area contributed by atoms with Crippen LogP contribution in [0.15, 0.2) is 115 Å². The Morgan fingerprint density at radius 2 is 1.77 bits per heavy atom. The molecule has 0 bridgehead atoms. The second-order valence-electron chi connectivity index (χ2n) is 7.98. The molecule has 0 aromatic heterocycles. The lowest BCUT2D eigenvalue weighted by Crippen LogP contribution is -2.00. The molecule has 0 saturated heterocycles. The Morgan fingerprint density at radius 3 is 2.61 bits per heavy atom. The van der Waals surface area contributed by atoms with Crippen LogP contribution in [0.25, 0.3) is 22.3 Å². The van der Waals surface area contributed by atoms with E-state index >= 15 is 0 Å². The maximum atomic E-state index is 3.91. The van der Waals surface area contributed by atoms with Crippen LogP contribution in [0.4, 0.5) is 0 Å². The normalized spacial score (nSPS) is 18.4. The Labute approximate surface area is 187 Å². The van der Waals surface area contributed by atoms with Crippen molar-refractivity contribution in [1.82, 2.24) is 0 Å². The van der Waals surface area contributed by atoms with Gasteiger partial charge in [-0.2, -0.15) is 0 Å². The molecule has 0 fully saturated rings. The molecule has 0 spiro atoms. The monoisotopic (exact) mass is 402 g/mol. The fraction of sp³-hybridized carbons (Fsp3) is 0.161. The van der Waals surface area contributed by atoms with E-state index in [-0.39, 0.29) is 0 Å². The van der Waals surface area contributed by atoms with Gasteiger partial charge in [-0.25, -0.2) is 0 Å². The average Bonchev–Trinajstić information content (AvgIpc) is 2.81. The lowest BCUT2D eigenvalue weighted by molar-refractivity contribution is 1.01. The second-order valence-corrected chi connectivity index (χ2v) is 7.98. The molecule has 0 radical (unpaired) electrons. The van der Waals surface area contributed by atoms with Gasteiger partial charge in [0.05, 0.1) is 0 Å². The number of hydrogen-bond donors (Lipinski definition) is 0. The van der Waals surface area contributed by atoms with Crippen LogP contribution in [-0.4, -0.2) is 0 Å². The van der Waals surface area contributed by atoms with E-state index in [1.165, 1.54) is 44.5 Å². The number of fused-ring (bicyclic) bond motifs is 2. The maximum Gasteiger partial charge on any atom is -0.00881 e. The molecule has 2 aromatic rings. The first-order valence-electron chi connectivity index (χ1n) is 11.2. The van der Waals surface area contributed by atoms with Crippen molar-refractivity contribution in [3.05, 3.63) is 132 Å². The van der Waals surface area contributed by atoms with Crippen LogP contribution in [-0.2, 0) is 6.42 Å². The average molecular weight is 403 g/mol. The summed E-state index contributed by atoms with van der Waals surface area (Å²) in [6.07, 6.45) is 25.9. The summed E-state index contributed by atoms with van der Waals surface area (Å²) in [5.74, 6) is 0. The van der Waals surface area contributed by atoms with E-state index in [1.807, 2.05) is 6.08 Å². The Bertz CT molecular complexity index is 1140. The van der Waals surface area contributed by atoms with Crippen molar-refractivity contribution in [3.63, 3.8) is 0 Å². The van der Waals surface area contributed by atoms with Crippen LogP contribution in [0.3, 0.4) is 0 Å². The third-order valence-electron chi connectivity index (χ3n) is 5.95. The summed E-state index contributed by atoms with van der Waals surface area (Å²) in [4.78, 5) is 0. The van der Waals surface area contributed by atoms with Crippen LogP contribution in [0.5, 0.6) is 0 Å². The molecule has 154 valence electrons. The summed E-state index contributed by atoms with van der Waals surface area (Å²) in [6, 6.07) is 15.7. The summed E-state index contributed by atoms with van der Waals surface area (Å²) in [7, 11) is 0. The van der Waals surface area contributed by atoms with E-state index in [2.05, 4.69) is 111 Å². The third kappa shape index (κ3) is 4.70. The van der Waals surface area contributed by atoms with Gasteiger partial charge in [0.15, 0.2) is 0 Å². The minimum atomic E-state index is 0.945. The summed E-state index contributed by atoms with van der Waals surface area (Å²) in [6.45, 7) is 5.97. The van der Waals surface area contributed by atoms with E-state index in [0.717, 1.165) is 25.7 Å². The van der Waals surface area contributed by atoms with Crippen molar-refractivity contribution in [2.24, 2.45) is 0 Å². The molecular weight excluding hydrogens is 372 g/mol. The molecule has 0 aliphatic heterocycles. The van der Waals surface area contributed by atoms with Gasteiger partial charge in [0.25, 0.3) is 0 Å². The highest BCUT2D eigenvalue weighted by molar-refractivity contribution is 5.87. The standard InChI is InChI=1S/C31H30/c1-3-13-24(14-4-2)28-19-11-12-20-30(28)27-21-22-31-26(23-27)17-8-6-5-7-15-25-16-9-10-18-29(25)31/h3-9,11-14,16,19-23H,1,10,15,17-18H2,2H3/b7-5-,8-6-,14-4-,24-13+. The highest BCUT2D eigenvalue weighted by atomic mass is 14.2. The minimum absolute atomic E-state index is 0.945. The fourth-order valence-corrected chi connectivity index (χ4v) is 4.51. The number of rotatable bonds is 4. The zero-order valence-electron chi connectivity index (χ0n) is 18.4. The number of allylic oxidation sites excluding steroid dienone is 13. The Balaban J connectivity index is 1.86. The predicted octanol–water partition coefficient (Wildman–Crippen LogP) is 8.66. The first-order chi connectivity index (χ1) is 15.3. The largest absolute Gasteiger partial charge is 0.0990 e. The molecule has 2 aliphatic rings. The summed E-state index contributed by atoms with van der Waals surface area (Å²) < 4.78 is 0. The first-order valence-corrected chi connectivity index (χ1v) is 11.2. The summed E-state index contributed by atoms with van der Waals surface area (Å²) in [5.41, 5.74) is 10.7. The zero-order valence-corrected chi connectivity index (χ0v) is 18.4. The SMILES string of the molecule is C=C/C=C(\C=C/C)c1ccccc1-c1ccc2c(c1)C/C=C\C=C/CC1=C2CCC=C1. The minimum Gasteiger partial charge on any atom is -0.0990 e. The van der Waals surface area contributed by atoms with Crippen molar-refractivity contribution < 1.29 is 0 Å². The third-order valence-corrected chi connectivity index (χ3v) is 5.95. The van der Waals surface area contributed by atoms with Gasteiger partial charge in [-0.1, -0.05) is 110 Å². The Morgan fingerprint density at radius 1 is 0.935 bits per heavy atom. The van der Waals surface area contributed by atoms with Gasteiger partial charge < -0.3 is 0 Å². The van der Waals surface area contributed by atoms with Gasteiger partial charge >= 0.3 is 0 Å². The quantitative estimate of drug-likeness (QED) is 0.449. The van der Waals surface area contributed by atoms with Gasteiger partial charge in [-0.3, -0.25) is 0 Å². The second kappa shape index (κ2) is 10.1. The summed E-state index contributed by atoms with van der Waals surface area (Å²) >= 11 is 0. The molecule has 0 saturated carbocycles. The predicted molar refractivity (Wildman–Crippen MR) is 137 cm³/mol. The number of benzene rings is 2. The molecule has 4 rings (SSSR count). The van der Waals surface area contributed by atoms with Gasteiger partial charge in [-0.15, -0.1) is 0 Å². The van der Waals surface area contributed by atoms with E-state index in [4.69, 9.17) is 0 Å². The van der Waals surface area contributed by atoms with Gasteiger partial charge in [0.1, 0.15) is 0 Å².